The van der Waals surface area contributed by atoms with Gasteiger partial charge in [-0.15, -0.1) is 30.3 Å². The van der Waals surface area contributed by atoms with E-state index in [1.54, 1.807) is 0 Å². The van der Waals surface area contributed by atoms with Crippen LogP contribution in [-0.2, 0) is 0 Å². The first-order chi connectivity index (χ1) is 6.93. The third-order valence-electron chi connectivity index (χ3n) is 0. The molecule has 18 heavy (non-hydrogen) atoms. The Bertz CT molecular complexity index is 164. The topological polar surface area (TPSA) is 256 Å². The van der Waals surface area contributed by atoms with Crippen LogP contribution in [0.3, 0.4) is 0 Å². The van der Waals surface area contributed by atoms with Crippen LogP contribution in [-0.4, -0.2) is 36.0 Å². The van der Waals surface area contributed by atoms with E-state index in [4.69, 9.17) is 61.3 Å². The van der Waals surface area contributed by atoms with Gasteiger partial charge in [-0.3, -0.25) is 0 Å². The first-order valence-corrected chi connectivity index (χ1v) is 2.24. The largest absolute Gasteiger partial charge is 1.00 e. The van der Waals surface area contributed by atoms with Gasteiger partial charge >= 0.3 is 29.6 Å². The third-order valence-corrected chi connectivity index (χ3v) is 0. The molecule has 1 atom stereocenters. The van der Waals surface area contributed by atoms with E-state index in [9.17, 15) is 0 Å². The molecular formula is H6N4NaO12P. The summed E-state index contributed by atoms with van der Waals surface area (Å²) in [6.45, 7) is 0. The van der Waals surface area contributed by atoms with Crippen LogP contribution in [0.4, 0.5) is 0 Å². The van der Waals surface area contributed by atoms with E-state index in [0.717, 1.165) is 0 Å². The van der Waals surface area contributed by atoms with Crippen molar-refractivity contribution >= 4 is 9.90 Å². The van der Waals surface area contributed by atoms with E-state index in [-0.39, 0.29) is 39.5 Å². The van der Waals surface area contributed by atoms with E-state index >= 15 is 0 Å². The average molecular weight is 308 g/mol. The molecule has 0 saturated heterocycles. The van der Waals surface area contributed by atoms with Crippen molar-refractivity contribution < 1.29 is 65.5 Å². The molecule has 1 unspecified atom stereocenters. The van der Waals surface area contributed by atoms with Gasteiger partial charge < -0.3 is 30.9 Å². The van der Waals surface area contributed by atoms with Crippen molar-refractivity contribution in [1.82, 2.24) is 0 Å². The van der Waals surface area contributed by atoms with Crippen LogP contribution < -0.4 is 29.6 Å². The minimum Gasteiger partial charge on any atom is -0.356 e. The molecule has 0 aliphatic carbocycles. The van der Waals surface area contributed by atoms with Gasteiger partial charge in [0.25, 0.3) is 15.3 Å². The Morgan fingerprint density at radius 1 is 0.611 bits per heavy atom. The van der Waals surface area contributed by atoms with Gasteiger partial charge in [-0.1, -0.05) is 0 Å². The predicted molar refractivity (Wildman–Crippen MR) is 47.8 cm³/mol. The molecular weight excluding hydrogens is 302 g/mol. The molecule has 0 saturated carbocycles. The second-order valence-electron chi connectivity index (χ2n) is 0.937. The van der Waals surface area contributed by atoms with Crippen molar-refractivity contribution in [2.24, 2.45) is 0 Å². The maximum atomic E-state index is 8.36. The Balaban J connectivity index is -0.0000000257. The van der Waals surface area contributed by atoms with Crippen molar-refractivity contribution in [1.29, 1.82) is 0 Å². The van der Waals surface area contributed by atoms with Gasteiger partial charge in [-0.25, -0.2) is 0 Å². The van der Waals surface area contributed by atoms with Gasteiger partial charge in [0, 0.05) is 0 Å². The molecule has 0 amide bonds. The summed E-state index contributed by atoms with van der Waals surface area (Å²) in [5, 5.41) is 55.7. The summed E-state index contributed by atoms with van der Waals surface area (Å²) in [7, 11) is 0. The van der Waals surface area contributed by atoms with E-state index in [0.29, 0.717) is 0 Å². The Morgan fingerprint density at radius 2 is 0.611 bits per heavy atom. The van der Waals surface area contributed by atoms with Crippen LogP contribution in [0.1, 0.15) is 0 Å². The fourth-order valence-electron chi connectivity index (χ4n) is 0. The van der Waals surface area contributed by atoms with Crippen molar-refractivity contribution in [3.05, 3.63) is 45.7 Å². The van der Waals surface area contributed by atoms with Crippen molar-refractivity contribution in [2.45, 2.75) is 0 Å². The summed E-state index contributed by atoms with van der Waals surface area (Å²) < 4.78 is 0. The standard InChI is InChI=1S/3HNO3.NO3.Na.H3P/c4*2-1(3)4;;/h3*(H,2,3,4);;;1H3/q;;;-1;+1;. The maximum Gasteiger partial charge on any atom is 1.00 e. The van der Waals surface area contributed by atoms with Crippen molar-refractivity contribution in [2.75, 3.05) is 0 Å². The van der Waals surface area contributed by atoms with Gasteiger partial charge in [0.15, 0.2) is 0 Å². The Labute approximate surface area is 121 Å². The smallest absolute Gasteiger partial charge is 0.356 e. The Kier molecular flexibility index (Phi) is 58.9. The second kappa shape index (κ2) is 29.5. The summed E-state index contributed by atoms with van der Waals surface area (Å²) in [5.41, 5.74) is 0. The van der Waals surface area contributed by atoms with E-state index in [2.05, 4.69) is 0 Å². The summed E-state index contributed by atoms with van der Waals surface area (Å²) >= 11 is 0. The van der Waals surface area contributed by atoms with Crippen molar-refractivity contribution in [3.8, 4) is 0 Å². The van der Waals surface area contributed by atoms with Crippen LogP contribution in [0.5, 0.6) is 0 Å². The monoisotopic (exact) mass is 308 g/mol. The fraction of sp³-hybridized carbons (Fsp3) is 0. The van der Waals surface area contributed by atoms with E-state index in [1.165, 1.54) is 0 Å². The van der Waals surface area contributed by atoms with Gasteiger partial charge in [0.05, 0.1) is 5.09 Å². The molecule has 0 spiro atoms. The quantitative estimate of drug-likeness (QED) is 0.166. The Hall–Kier alpha value is -1.77. The summed E-state index contributed by atoms with van der Waals surface area (Å²) in [6.07, 6.45) is 0. The van der Waals surface area contributed by atoms with E-state index in [1.807, 2.05) is 0 Å². The van der Waals surface area contributed by atoms with Crippen LogP contribution in [0.25, 0.3) is 0 Å². The zero-order chi connectivity index (χ0) is 14.3. The van der Waals surface area contributed by atoms with Gasteiger partial charge in [0.2, 0.25) is 0 Å². The summed E-state index contributed by atoms with van der Waals surface area (Å²) in [4.78, 5) is 33.3. The molecule has 0 bridgehead atoms. The second-order valence-corrected chi connectivity index (χ2v) is 0.937. The molecule has 0 aromatic carbocycles. The molecule has 18 heteroatoms. The van der Waals surface area contributed by atoms with Crippen LogP contribution in [0.15, 0.2) is 0 Å². The minimum absolute atomic E-state index is 0. The SMILES string of the molecule is O=[N+]([O-])O.O=[N+]([O-])O.O=[N+]([O-])O.O=[N+]([O-])[O-].P.[Na+]. The number of nitrogens with zero attached hydrogens (tertiary/aromatic N) is 4. The van der Waals surface area contributed by atoms with Crippen molar-refractivity contribution in [3.63, 3.8) is 0 Å². The van der Waals surface area contributed by atoms with Gasteiger partial charge in [0.1, 0.15) is 0 Å². The van der Waals surface area contributed by atoms with Gasteiger partial charge in [-0.2, -0.15) is 9.90 Å². The molecule has 104 valence electrons. The minimum atomic E-state index is -1.75. The molecule has 0 rings (SSSR count). The summed E-state index contributed by atoms with van der Waals surface area (Å²) in [6, 6.07) is 0. The van der Waals surface area contributed by atoms with Crippen LogP contribution >= 0.6 is 9.90 Å². The normalized spacial score (nSPS) is 5.33. The van der Waals surface area contributed by atoms with E-state index < -0.39 is 20.3 Å². The molecule has 0 heterocycles. The molecule has 16 nitrogen and oxygen atoms in total. The molecule has 0 aliphatic rings. The molecule has 0 radical (unpaired) electrons. The fourth-order valence-corrected chi connectivity index (χ4v) is 0. The van der Waals surface area contributed by atoms with Crippen LogP contribution in [0, 0.1) is 45.7 Å². The average Bonchev–Trinajstić information content (AvgIpc) is 1.76. The Morgan fingerprint density at radius 3 is 0.611 bits per heavy atom. The first-order valence-electron chi connectivity index (χ1n) is 2.24. The third kappa shape index (κ3) is 795. The molecule has 0 aromatic rings. The van der Waals surface area contributed by atoms with Crippen LogP contribution in [0.2, 0.25) is 0 Å². The zero-order valence-electron chi connectivity index (χ0n) is 8.51. The summed E-state index contributed by atoms with van der Waals surface area (Å²) in [5.74, 6) is 0. The maximum absolute atomic E-state index is 8.36. The van der Waals surface area contributed by atoms with Gasteiger partial charge in [-0.05, 0) is 0 Å². The molecule has 0 aliphatic heterocycles. The number of hydrogen-bond donors (Lipinski definition) is 3. The zero-order valence-corrected chi connectivity index (χ0v) is 11.9. The predicted octanol–water partition coefficient (Wildman–Crippen LogP) is -4.22. The number of hydrogen-bond acceptors (Lipinski definition) is 9. The molecule has 0 aromatic heterocycles. The molecule has 3 N–H and O–H groups in total. The number of rotatable bonds is 0. The first kappa shape index (κ1) is 36.0. The molecule has 0 fully saturated rings.